The van der Waals surface area contributed by atoms with Crippen LogP contribution < -0.4 is 10.6 Å². The van der Waals surface area contributed by atoms with Crippen LogP contribution in [-0.2, 0) is 19.1 Å². The van der Waals surface area contributed by atoms with Crippen LogP contribution in [0.2, 0.25) is 0 Å². The number of aromatic nitrogens is 5. The molecule has 4 N–H and O–H groups in total. The van der Waals surface area contributed by atoms with E-state index >= 15 is 0 Å². The van der Waals surface area contributed by atoms with Gasteiger partial charge in [-0.15, -0.1) is 0 Å². The molecule has 0 unspecified atom stereocenters. The third-order valence-electron chi connectivity index (χ3n) is 11.4. The Morgan fingerprint density at radius 1 is 0.767 bits per heavy atom. The minimum absolute atomic E-state index is 0.128. The highest BCUT2D eigenvalue weighted by atomic mass is 16.5. The lowest BCUT2D eigenvalue weighted by Gasteiger charge is -2.30. The number of imidazole rings is 2. The number of nitriles is 1. The fourth-order valence-corrected chi connectivity index (χ4v) is 8.14. The van der Waals surface area contributed by atoms with E-state index in [1.54, 1.807) is 28.3 Å². The van der Waals surface area contributed by atoms with E-state index in [0.29, 0.717) is 52.6 Å². The number of carbonyl (C=O) groups excluding carboxylic acids is 4. The molecule has 4 atom stereocenters. The van der Waals surface area contributed by atoms with E-state index in [1.807, 2.05) is 70.2 Å². The van der Waals surface area contributed by atoms with Gasteiger partial charge in [0.05, 0.1) is 66.7 Å². The van der Waals surface area contributed by atoms with Gasteiger partial charge in [0, 0.05) is 35.8 Å². The zero-order chi connectivity index (χ0) is 42.7. The van der Waals surface area contributed by atoms with E-state index < -0.39 is 24.3 Å². The summed E-state index contributed by atoms with van der Waals surface area (Å²) in [7, 11) is 2.55. The minimum Gasteiger partial charge on any atom is -0.453 e. The summed E-state index contributed by atoms with van der Waals surface area (Å²) in [6.45, 7) is 8.65. The Morgan fingerprint density at radius 2 is 1.33 bits per heavy atom. The van der Waals surface area contributed by atoms with Crippen molar-refractivity contribution in [1.82, 2.24) is 45.4 Å². The van der Waals surface area contributed by atoms with Crippen LogP contribution in [0.1, 0.15) is 82.7 Å². The highest BCUT2D eigenvalue weighted by Gasteiger charge is 2.39. The number of nitrogens with zero attached hydrogens (tertiary/aromatic N) is 6. The van der Waals surface area contributed by atoms with E-state index in [2.05, 4.69) is 31.7 Å². The summed E-state index contributed by atoms with van der Waals surface area (Å²) >= 11 is 0. The van der Waals surface area contributed by atoms with Gasteiger partial charge in [0.15, 0.2) is 0 Å². The molecule has 3 aromatic heterocycles. The Balaban J connectivity index is 1.07. The van der Waals surface area contributed by atoms with E-state index in [-0.39, 0.29) is 35.7 Å². The molecule has 2 aliphatic heterocycles. The lowest BCUT2D eigenvalue weighted by atomic mass is 10.0. The van der Waals surface area contributed by atoms with Gasteiger partial charge in [-0.3, -0.25) is 9.59 Å². The molecule has 7 rings (SSSR count). The van der Waals surface area contributed by atoms with Crippen LogP contribution in [0.15, 0.2) is 60.9 Å². The van der Waals surface area contributed by atoms with Gasteiger partial charge in [0.2, 0.25) is 11.8 Å². The standard InChI is InChI=1S/C44H50N10O6/c1-24(2)37(51-43(57)59-5)41(55)53-17-7-9-35(53)39-46-22-33(49-39)27-13-11-26(12-14-27)32-20-29(21-45)30-19-28(15-16-31(30)48-32)34-23-47-40(50-34)36-10-8-18-54(36)42(56)38(25(3)4)52-44(58)60-6/h11-16,19-20,22-25,35-38H,7-10,17-18H2,1-6H3,(H,46,49)(H,47,50)(H,51,57)(H,52,58)/t35-,36-,37-,38-/m0/s1. The Kier molecular flexibility index (Phi) is 12.2. The number of benzene rings is 2. The fourth-order valence-electron chi connectivity index (χ4n) is 8.14. The summed E-state index contributed by atoms with van der Waals surface area (Å²) in [4.78, 5) is 75.9. The number of pyridine rings is 1. The number of nitrogens with one attached hydrogen (secondary N) is 4. The smallest absolute Gasteiger partial charge is 0.407 e. The van der Waals surface area contributed by atoms with E-state index in [4.69, 9.17) is 19.4 Å². The molecule has 0 spiro atoms. The van der Waals surface area contributed by atoms with Crippen LogP contribution in [-0.4, -0.2) is 98.1 Å². The van der Waals surface area contributed by atoms with Crippen molar-refractivity contribution in [2.24, 2.45) is 11.8 Å². The lowest BCUT2D eigenvalue weighted by Crippen LogP contribution is -2.51. The maximum absolute atomic E-state index is 13.6. The highest BCUT2D eigenvalue weighted by Crippen LogP contribution is 2.36. The number of H-pyrrole nitrogens is 2. The van der Waals surface area contributed by atoms with Crippen LogP contribution in [0.25, 0.3) is 44.7 Å². The molecule has 2 aromatic carbocycles. The van der Waals surface area contributed by atoms with Crippen LogP contribution in [0.5, 0.6) is 0 Å². The number of methoxy groups -OCH3 is 2. The second-order valence-electron chi connectivity index (χ2n) is 15.9. The number of amides is 4. The summed E-state index contributed by atoms with van der Waals surface area (Å²) in [6.07, 6.45) is 5.38. The van der Waals surface area contributed by atoms with Crippen molar-refractivity contribution in [1.29, 1.82) is 5.26 Å². The number of aromatic amines is 2. The number of hydrogen-bond acceptors (Lipinski definition) is 10. The van der Waals surface area contributed by atoms with Gasteiger partial charge in [0.25, 0.3) is 0 Å². The Morgan fingerprint density at radius 3 is 1.90 bits per heavy atom. The molecule has 16 nitrogen and oxygen atoms in total. The molecular formula is C44H50N10O6. The largest absolute Gasteiger partial charge is 0.453 e. The third kappa shape index (κ3) is 8.38. The number of carbonyl (C=O) groups is 4. The molecule has 0 bridgehead atoms. The Bertz CT molecular complexity index is 2430. The molecule has 16 heteroatoms. The number of fused-ring (bicyclic) bond motifs is 1. The summed E-state index contributed by atoms with van der Waals surface area (Å²) in [6, 6.07) is 15.7. The maximum atomic E-state index is 13.6. The average Bonchev–Trinajstić information content (AvgIpc) is 4.10. The van der Waals surface area contributed by atoms with E-state index in [1.165, 1.54) is 14.2 Å². The molecule has 0 radical (unpaired) electrons. The first kappa shape index (κ1) is 41.4. The van der Waals surface area contributed by atoms with Crippen molar-refractivity contribution in [3.63, 3.8) is 0 Å². The zero-order valence-corrected chi connectivity index (χ0v) is 34.6. The molecular weight excluding hydrogens is 765 g/mol. The SMILES string of the molecule is COC(=O)N[C@H](C(=O)N1CCC[C@H]1c1nc(-c2ccc3nc(-c4ccc(-c5cnc([C@@H]6CCCN6C(=O)[C@@H](NC(=O)OC)C(C)C)[nH]5)cc4)cc(C#N)c3c2)c[nH]1)C(C)C. The van der Waals surface area contributed by atoms with Gasteiger partial charge < -0.3 is 39.9 Å². The van der Waals surface area contributed by atoms with Crippen molar-refractivity contribution in [2.45, 2.75) is 77.5 Å². The number of hydrogen-bond donors (Lipinski definition) is 4. The van der Waals surface area contributed by atoms with E-state index in [9.17, 15) is 24.4 Å². The molecule has 4 amide bonds. The molecule has 60 heavy (non-hydrogen) atoms. The Labute approximate surface area is 348 Å². The fraction of sp³-hybridized carbons (Fsp3) is 0.409. The topological polar surface area (TPSA) is 211 Å². The van der Waals surface area contributed by atoms with Crippen molar-refractivity contribution in [3.8, 4) is 39.8 Å². The van der Waals surface area contributed by atoms with Gasteiger partial charge >= 0.3 is 12.2 Å². The van der Waals surface area contributed by atoms with Crippen molar-refractivity contribution < 1.29 is 28.7 Å². The third-order valence-corrected chi connectivity index (χ3v) is 11.4. The van der Waals surface area contributed by atoms with Crippen molar-refractivity contribution >= 4 is 34.9 Å². The molecule has 2 saturated heterocycles. The first-order valence-corrected chi connectivity index (χ1v) is 20.3. The van der Waals surface area contributed by atoms with Gasteiger partial charge in [0.1, 0.15) is 23.7 Å². The highest BCUT2D eigenvalue weighted by molar-refractivity contribution is 5.91. The normalized spacial score (nSPS) is 17.4. The summed E-state index contributed by atoms with van der Waals surface area (Å²) in [5.74, 6) is 0.721. The van der Waals surface area contributed by atoms with Crippen LogP contribution in [0.4, 0.5) is 9.59 Å². The molecule has 5 aromatic rings. The number of rotatable bonds is 11. The Hall–Kier alpha value is -6.76. The molecule has 312 valence electrons. The molecule has 0 aliphatic carbocycles. The number of ether oxygens (including phenoxy) is 2. The first-order valence-electron chi connectivity index (χ1n) is 20.3. The van der Waals surface area contributed by atoms with Crippen LogP contribution >= 0.6 is 0 Å². The molecule has 0 saturated carbocycles. The summed E-state index contributed by atoms with van der Waals surface area (Å²) in [5, 5.41) is 16.3. The minimum atomic E-state index is -0.728. The van der Waals surface area contributed by atoms with Crippen LogP contribution in [0, 0.1) is 23.2 Å². The second kappa shape index (κ2) is 17.6. The average molecular weight is 815 g/mol. The van der Waals surface area contributed by atoms with Gasteiger partial charge in [-0.1, -0.05) is 58.0 Å². The van der Waals surface area contributed by atoms with Gasteiger partial charge in [-0.05, 0) is 61.3 Å². The zero-order valence-electron chi connectivity index (χ0n) is 34.6. The second-order valence-corrected chi connectivity index (χ2v) is 15.9. The summed E-state index contributed by atoms with van der Waals surface area (Å²) in [5.41, 5.74) is 5.78. The van der Waals surface area contributed by atoms with E-state index in [0.717, 1.165) is 48.1 Å². The molecule has 2 aliphatic rings. The monoisotopic (exact) mass is 814 g/mol. The predicted octanol–water partition coefficient (Wildman–Crippen LogP) is 6.64. The predicted molar refractivity (Wildman–Crippen MR) is 223 cm³/mol. The number of alkyl carbamates (subject to hydrolysis) is 2. The van der Waals surface area contributed by atoms with Gasteiger partial charge in [-0.2, -0.15) is 5.26 Å². The van der Waals surface area contributed by atoms with Crippen LogP contribution in [0.3, 0.4) is 0 Å². The quantitative estimate of drug-likeness (QED) is 0.112. The first-order chi connectivity index (χ1) is 28.9. The molecule has 2 fully saturated rings. The van der Waals surface area contributed by atoms with Gasteiger partial charge in [-0.25, -0.2) is 24.5 Å². The maximum Gasteiger partial charge on any atom is 0.407 e. The lowest BCUT2D eigenvalue weighted by molar-refractivity contribution is -0.136. The van der Waals surface area contributed by atoms with Crippen molar-refractivity contribution in [2.75, 3.05) is 27.3 Å². The number of likely N-dealkylation sites (tertiary alicyclic amines) is 2. The summed E-state index contributed by atoms with van der Waals surface area (Å²) < 4.78 is 9.51. The molecule has 5 heterocycles. The van der Waals surface area contributed by atoms with Crippen molar-refractivity contribution in [3.05, 3.63) is 78.1 Å².